The van der Waals surface area contributed by atoms with Crippen LogP contribution in [0.2, 0.25) is 0 Å². The number of rotatable bonds is 2. The maximum absolute atomic E-state index is 6.49. The van der Waals surface area contributed by atoms with E-state index in [1.54, 1.807) is 0 Å². The van der Waals surface area contributed by atoms with Crippen LogP contribution in [0.15, 0.2) is 102 Å². The molecule has 46 heavy (non-hydrogen) atoms. The number of fused-ring (bicyclic) bond motifs is 20. The number of hydrogen-bond donors (Lipinski definition) is 0. The number of benzene rings is 3. The summed E-state index contributed by atoms with van der Waals surface area (Å²) in [4.78, 5) is 5.30. The van der Waals surface area contributed by atoms with E-state index in [9.17, 15) is 0 Å². The highest BCUT2D eigenvalue weighted by Crippen LogP contribution is 2.62. The molecule has 10 rings (SSSR count). The Labute approximate surface area is 266 Å². The van der Waals surface area contributed by atoms with E-state index in [0.717, 1.165) is 46.7 Å². The van der Waals surface area contributed by atoms with Crippen molar-refractivity contribution >= 4 is 49.1 Å². The van der Waals surface area contributed by atoms with Gasteiger partial charge in [0, 0.05) is 57.6 Å². The molecule has 8 aromatic rings. The molecule has 1 aliphatic heterocycles. The lowest BCUT2D eigenvalue weighted by molar-refractivity contribution is -0.785. The van der Waals surface area contributed by atoms with Crippen molar-refractivity contribution in [1.82, 2.24) is 14.8 Å². The third-order valence-corrected chi connectivity index (χ3v) is 11.0. The topological polar surface area (TPSA) is 51.8 Å². The lowest BCUT2D eigenvalue weighted by Crippen LogP contribution is -2.81. The van der Waals surface area contributed by atoms with Crippen molar-refractivity contribution in [3.8, 4) is 11.5 Å². The van der Waals surface area contributed by atoms with Gasteiger partial charge in [-0.25, -0.2) is 9.67 Å². The fourth-order valence-electron chi connectivity index (χ4n) is 9.19. The van der Waals surface area contributed by atoms with Gasteiger partial charge in [0.1, 0.15) is 11.2 Å². The predicted octanol–water partition coefficient (Wildman–Crippen LogP) is 8.11. The third-order valence-electron chi connectivity index (χ3n) is 11.0. The van der Waals surface area contributed by atoms with Gasteiger partial charge in [-0.2, -0.15) is 9.67 Å². The van der Waals surface area contributed by atoms with E-state index >= 15 is 0 Å². The van der Waals surface area contributed by atoms with Gasteiger partial charge in [0.2, 0.25) is 16.9 Å². The van der Waals surface area contributed by atoms with Crippen molar-refractivity contribution in [2.75, 3.05) is 0 Å². The van der Waals surface area contributed by atoms with Gasteiger partial charge >= 0.3 is 0 Å². The Hall–Kier alpha value is -5.10. The van der Waals surface area contributed by atoms with Gasteiger partial charge in [0.25, 0.3) is 16.9 Å². The van der Waals surface area contributed by atoms with Gasteiger partial charge in [-0.15, -0.1) is 4.40 Å². The highest BCUT2D eigenvalue weighted by molar-refractivity contribution is 6.23. The van der Waals surface area contributed by atoms with Crippen LogP contribution in [0.5, 0.6) is 0 Å². The van der Waals surface area contributed by atoms with E-state index in [0.29, 0.717) is 0 Å². The SMILES string of the molecule is CCC12c3c([n+]4c5ccccc5ccc4c4c3ccc3oc5ccccc5c34)C1(CC)[n+]1ccccc1-c1nc(C(C)(C)C)nn12. The molecule has 2 atom stereocenters. The second-order valence-electron chi connectivity index (χ2n) is 14.1. The zero-order chi connectivity index (χ0) is 31.2. The second-order valence-corrected chi connectivity index (χ2v) is 14.1. The number of nitrogens with zero attached hydrogens (tertiary/aromatic N) is 5. The Balaban J connectivity index is 1.52. The minimum absolute atomic E-state index is 0.196. The summed E-state index contributed by atoms with van der Waals surface area (Å²) in [5, 5.41) is 11.5. The number of aromatic nitrogens is 5. The van der Waals surface area contributed by atoms with Gasteiger partial charge in [0.15, 0.2) is 17.6 Å². The highest BCUT2D eigenvalue weighted by Gasteiger charge is 2.79. The molecule has 0 saturated heterocycles. The summed E-state index contributed by atoms with van der Waals surface area (Å²) in [6, 6.07) is 32.8. The van der Waals surface area contributed by atoms with Crippen LogP contribution in [-0.2, 0) is 16.5 Å². The van der Waals surface area contributed by atoms with E-state index in [1.165, 1.54) is 43.8 Å². The van der Waals surface area contributed by atoms with E-state index in [-0.39, 0.29) is 5.41 Å². The number of para-hydroxylation sites is 2. The number of furan rings is 1. The molecule has 0 saturated carbocycles. The molecule has 5 aromatic heterocycles. The quantitative estimate of drug-likeness (QED) is 0.149. The molecule has 3 aromatic carbocycles. The molecule has 1 aliphatic carbocycles. The van der Waals surface area contributed by atoms with E-state index in [1.807, 2.05) is 0 Å². The van der Waals surface area contributed by atoms with Gasteiger partial charge in [-0.05, 0) is 42.8 Å². The minimum Gasteiger partial charge on any atom is -0.456 e. The Bertz CT molecular complexity index is 2620. The second kappa shape index (κ2) is 8.38. The number of pyridine rings is 3. The molecule has 0 fully saturated rings. The summed E-state index contributed by atoms with van der Waals surface area (Å²) < 4.78 is 13.9. The Morgan fingerprint density at radius 3 is 2.39 bits per heavy atom. The van der Waals surface area contributed by atoms with Crippen LogP contribution in [0.4, 0.5) is 0 Å². The van der Waals surface area contributed by atoms with Crippen LogP contribution in [0, 0.1) is 0 Å². The van der Waals surface area contributed by atoms with Crippen LogP contribution in [-0.4, -0.2) is 14.8 Å². The average Bonchev–Trinajstić information content (AvgIpc) is 3.69. The molecule has 0 bridgehead atoms. The van der Waals surface area contributed by atoms with Crippen LogP contribution >= 0.6 is 0 Å². The summed E-state index contributed by atoms with van der Waals surface area (Å²) in [5.41, 5.74) is 6.93. The Kier molecular flexibility index (Phi) is 4.76. The zero-order valence-corrected chi connectivity index (χ0v) is 26.8. The van der Waals surface area contributed by atoms with Crippen molar-refractivity contribution < 1.29 is 13.4 Å². The van der Waals surface area contributed by atoms with E-state index in [4.69, 9.17) is 14.5 Å². The summed E-state index contributed by atoms with van der Waals surface area (Å²) in [7, 11) is 0. The van der Waals surface area contributed by atoms with Gasteiger partial charge in [-0.3, -0.25) is 0 Å². The first-order valence-electron chi connectivity index (χ1n) is 16.5. The van der Waals surface area contributed by atoms with Crippen LogP contribution in [0.25, 0.3) is 60.6 Å². The maximum Gasteiger partial charge on any atom is 0.281 e. The smallest absolute Gasteiger partial charge is 0.281 e. The summed E-state index contributed by atoms with van der Waals surface area (Å²) >= 11 is 0. The van der Waals surface area contributed by atoms with E-state index in [2.05, 4.69) is 145 Å². The maximum atomic E-state index is 6.49. The highest BCUT2D eigenvalue weighted by atomic mass is 16.3. The fraction of sp³-hybridized carbons (Fsp3) is 0.250. The normalized spacial score (nSPS) is 20.2. The summed E-state index contributed by atoms with van der Waals surface area (Å²) in [5.74, 6) is 1.81. The van der Waals surface area contributed by atoms with Gasteiger partial charge in [0.05, 0.1) is 10.9 Å². The van der Waals surface area contributed by atoms with Gasteiger partial charge < -0.3 is 4.42 Å². The molecule has 0 spiro atoms. The average molecular weight is 602 g/mol. The van der Waals surface area contributed by atoms with Crippen molar-refractivity contribution in [3.63, 3.8) is 0 Å². The lowest BCUT2D eigenvalue weighted by Gasteiger charge is -2.54. The molecule has 2 unspecified atom stereocenters. The molecular formula is C40H35N5O+2. The molecule has 0 radical (unpaired) electrons. The first-order chi connectivity index (χ1) is 22.3. The van der Waals surface area contributed by atoms with Crippen molar-refractivity contribution in [3.05, 3.63) is 114 Å². The first kappa shape index (κ1) is 26.1. The predicted molar refractivity (Wildman–Crippen MR) is 181 cm³/mol. The van der Waals surface area contributed by atoms with Crippen LogP contribution in [0.3, 0.4) is 0 Å². The first-order valence-corrected chi connectivity index (χ1v) is 16.5. The van der Waals surface area contributed by atoms with E-state index < -0.39 is 11.1 Å². The Morgan fingerprint density at radius 2 is 1.57 bits per heavy atom. The zero-order valence-electron chi connectivity index (χ0n) is 26.8. The van der Waals surface area contributed by atoms with Crippen molar-refractivity contribution in [2.24, 2.45) is 0 Å². The minimum atomic E-state index is -0.467. The molecule has 2 aliphatic rings. The summed E-state index contributed by atoms with van der Waals surface area (Å²) in [6.07, 6.45) is 4.04. The Morgan fingerprint density at radius 1 is 0.761 bits per heavy atom. The standard InChI is InChI=1S/C40H35N5O/c1-6-39-34-26-20-22-31-33(25-15-9-11-18-30(25)46-31)32(26)28-21-19-24-14-8-10-16-27(24)44(28)35(34)40(39,7-2)43-23-13-12-17-29(43)36-41-37(38(3,4)5)42-45(36)39/h8-23H,6-7H2,1-5H3/q+2. The molecule has 0 amide bonds. The largest absolute Gasteiger partial charge is 0.456 e. The van der Waals surface area contributed by atoms with Gasteiger partial charge in [-0.1, -0.05) is 65.0 Å². The molecule has 6 nitrogen and oxygen atoms in total. The molecule has 224 valence electrons. The fourth-order valence-corrected chi connectivity index (χ4v) is 9.19. The third kappa shape index (κ3) is 2.74. The molecule has 6 heterocycles. The van der Waals surface area contributed by atoms with Crippen LogP contribution in [0.1, 0.15) is 64.5 Å². The van der Waals surface area contributed by atoms with Crippen molar-refractivity contribution in [2.45, 2.75) is 64.0 Å². The molecule has 0 N–H and O–H groups in total. The lowest BCUT2D eigenvalue weighted by atomic mass is 9.53. The summed E-state index contributed by atoms with van der Waals surface area (Å²) in [6.45, 7) is 11.3. The van der Waals surface area contributed by atoms with Crippen molar-refractivity contribution in [1.29, 1.82) is 0 Å². The monoisotopic (exact) mass is 601 g/mol. The number of hydrogen-bond acceptors (Lipinski definition) is 3. The molecular weight excluding hydrogens is 566 g/mol. The molecule has 6 heteroatoms. The van der Waals surface area contributed by atoms with Crippen LogP contribution < -0.4 is 8.97 Å².